The van der Waals surface area contributed by atoms with E-state index in [4.69, 9.17) is 21.7 Å². The van der Waals surface area contributed by atoms with Crippen molar-refractivity contribution in [3.63, 3.8) is 0 Å². The van der Waals surface area contributed by atoms with Gasteiger partial charge in [-0.2, -0.15) is 0 Å². The second-order valence-electron chi connectivity index (χ2n) is 6.88. The number of thiocarbonyl (C=S) groups is 1. The van der Waals surface area contributed by atoms with E-state index in [0.717, 1.165) is 0 Å². The summed E-state index contributed by atoms with van der Waals surface area (Å²) in [5, 5.41) is 5.45. The Bertz CT molecular complexity index is 751. The van der Waals surface area contributed by atoms with Gasteiger partial charge >= 0.3 is 5.97 Å². The first-order chi connectivity index (χ1) is 13.8. The molecular formula is C20H27N3O5S. The van der Waals surface area contributed by atoms with Crippen molar-refractivity contribution in [2.24, 2.45) is 0 Å². The zero-order valence-corrected chi connectivity index (χ0v) is 17.7. The summed E-state index contributed by atoms with van der Waals surface area (Å²) in [6, 6.07) is 5.87. The molecule has 2 amide bonds. The van der Waals surface area contributed by atoms with E-state index >= 15 is 0 Å². The highest BCUT2D eigenvalue weighted by molar-refractivity contribution is 7.80. The van der Waals surface area contributed by atoms with Crippen molar-refractivity contribution in [1.82, 2.24) is 15.5 Å². The van der Waals surface area contributed by atoms with Crippen LogP contribution in [0.1, 0.15) is 44.0 Å². The molecule has 2 rings (SSSR count). The van der Waals surface area contributed by atoms with Crippen LogP contribution in [-0.4, -0.2) is 59.6 Å². The monoisotopic (exact) mass is 421 g/mol. The molecule has 2 N–H and O–H groups in total. The molecule has 8 nitrogen and oxygen atoms in total. The fraction of sp³-hybridized carbons (Fsp3) is 0.500. The topological polar surface area (TPSA) is 97.0 Å². The van der Waals surface area contributed by atoms with Gasteiger partial charge < -0.3 is 19.7 Å². The van der Waals surface area contributed by atoms with Crippen molar-refractivity contribution in [3.05, 3.63) is 29.8 Å². The van der Waals surface area contributed by atoms with Crippen LogP contribution in [-0.2, 0) is 14.3 Å². The number of nitrogens with one attached hydrogen (secondary N) is 2. The normalized spacial score (nSPS) is 16.2. The Morgan fingerprint density at radius 3 is 2.62 bits per heavy atom. The molecule has 1 unspecified atom stereocenters. The zero-order chi connectivity index (χ0) is 21.4. The highest BCUT2D eigenvalue weighted by atomic mass is 32.1. The summed E-state index contributed by atoms with van der Waals surface area (Å²) in [4.78, 5) is 38.3. The fourth-order valence-electron chi connectivity index (χ4n) is 2.79. The van der Waals surface area contributed by atoms with Gasteiger partial charge in [0.15, 0.2) is 5.11 Å². The smallest absolute Gasteiger partial charge is 0.308 e. The SMILES string of the molecule is CCCOC(=O)CC1C(=O)NCCN1C(=S)NC(=O)c1ccc(OC(C)C)cc1. The number of esters is 1. The number of hydrogen-bond acceptors (Lipinski definition) is 6. The molecule has 1 aromatic rings. The van der Waals surface area contributed by atoms with E-state index in [0.29, 0.717) is 37.4 Å². The van der Waals surface area contributed by atoms with Gasteiger partial charge in [0.2, 0.25) is 5.91 Å². The minimum Gasteiger partial charge on any atom is -0.491 e. The lowest BCUT2D eigenvalue weighted by Crippen LogP contribution is -2.60. The number of ether oxygens (including phenoxy) is 2. The minimum atomic E-state index is -0.817. The molecule has 0 saturated carbocycles. The summed E-state index contributed by atoms with van der Waals surface area (Å²) in [5.41, 5.74) is 0.406. The lowest BCUT2D eigenvalue weighted by Gasteiger charge is -2.36. The van der Waals surface area contributed by atoms with Crippen LogP contribution < -0.4 is 15.4 Å². The number of piperazine rings is 1. The highest BCUT2D eigenvalue weighted by Crippen LogP contribution is 2.15. The largest absolute Gasteiger partial charge is 0.491 e. The van der Waals surface area contributed by atoms with E-state index in [1.807, 2.05) is 20.8 Å². The zero-order valence-electron chi connectivity index (χ0n) is 16.9. The van der Waals surface area contributed by atoms with Gasteiger partial charge in [0.25, 0.3) is 5.91 Å². The highest BCUT2D eigenvalue weighted by Gasteiger charge is 2.34. The molecule has 0 bridgehead atoms. The molecule has 9 heteroatoms. The molecule has 1 saturated heterocycles. The number of hydrogen-bond donors (Lipinski definition) is 2. The van der Waals surface area contributed by atoms with Crippen LogP contribution in [0.4, 0.5) is 0 Å². The summed E-state index contributed by atoms with van der Waals surface area (Å²) in [5.74, 6) is -0.535. The quantitative estimate of drug-likeness (QED) is 0.510. The van der Waals surface area contributed by atoms with Crippen LogP contribution in [0, 0.1) is 0 Å². The van der Waals surface area contributed by atoms with Crippen molar-refractivity contribution >= 4 is 35.1 Å². The average Bonchev–Trinajstić information content (AvgIpc) is 2.67. The third-order valence-corrected chi connectivity index (χ3v) is 4.46. The lowest BCUT2D eigenvalue weighted by molar-refractivity contribution is -0.147. The molecule has 1 atom stereocenters. The van der Waals surface area contributed by atoms with Gasteiger partial charge in [-0.05, 0) is 56.8 Å². The first-order valence-corrected chi connectivity index (χ1v) is 10.0. The standard InChI is InChI=1S/C20H27N3O5S/c1-4-11-27-17(24)12-16-19(26)21-9-10-23(16)20(29)22-18(25)14-5-7-15(8-6-14)28-13(2)3/h5-8,13,16H,4,9-12H2,1-3H3,(H,21,26)(H,22,25,29). The van der Waals surface area contributed by atoms with Gasteiger partial charge in [0.1, 0.15) is 11.8 Å². The second-order valence-corrected chi connectivity index (χ2v) is 7.26. The Labute approximate surface area is 175 Å². The van der Waals surface area contributed by atoms with Crippen LogP contribution in [0.5, 0.6) is 5.75 Å². The third kappa shape index (κ3) is 6.70. The fourth-order valence-corrected chi connectivity index (χ4v) is 3.10. The molecule has 0 aliphatic carbocycles. The number of carbonyl (C=O) groups excluding carboxylic acids is 3. The average molecular weight is 422 g/mol. The molecule has 0 radical (unpaired) electrons. The third-order valence-electron chi connectivity index (χ3n) is 4.13. The maximum atomic E-state index is 12.5. The minimum absolute atomic E-state index is 0.0356. The van der Waals surface area contributed by atoms with Crippen LogP contribution in [0.15, 0.2) is 24.3 Å². The van der Waals surface area contributed by atoms with Gasteiger partial charge in [0, 0.05) is 18.7 Å². The summed E-state index contributed by atoms with van der Waals surface area (Å²) in [7, 11) is 0. The Kier molecular flexibility index (Phi) is 8.38. The maximum absolute atomic E-state index is 12.5. The van der Waals surface area contributed by atoms with Gasteiger partial charge in [-0.15, -0.1) is 0 Å². The van der Waals surface area contributed by atoms with Crippen molar-refractivity contribution in [3.8, 4) is 5.75 Å². The van der Waals surface area contributed by atoms with E-state index in [-0.39, 0.29) is 23.5 Å². The molecule has 1 fully saturated rings. The van der Waals surface area contributed by atoms with Gasteiger partial charge in [-0.3, -0.25) is 19.7 Å². The maximum Gasteiger partial charge on any atom is 0.308 e. The van der Waals surface area contributed by atoms with Gasteiger partial charge in [0.05, 0.1) is 19.1 Å². The molecule has 1 aliphatic heterocycles. The van der Waals surface area contributed by atoms with E-state index < -0.39 is 17.9 Å². The van der Waals surface area contributed by atoms with Crippen LogP contribution in [0.3, 0.4) is 0 Å². The van der Waals surface area contributed by atoms with Crippen molar-refractivity contribution < 1.29 is 23.9 Å². The first kappa shape index (κ1) is 22.6. The summed E-state index contributed by atoms with van der Waals surface area (Å²) < 4.78 is 10.6. The number of benzene rings is 1. The number of nitrogens with zero attached hydrogens (tertiary/aromatic N) is 1. The Morgan fingerprint density at radius 2 is 2.00 bits per heavy atom. The Morgan fingerprint density at radius 1 is 1.31 bits per heavy atom. The number of amides is 2. The number of carbonyl (C=O) groups is 3. The molecular weight excluding hydrogens is 394 g/mol. The van der Waals surface area contributed by atoms with Crippen LogP contribution >= 0.6 is 12.2 Å². The van der Waals surface area contributed by atoms with Crippen molar-refractivity contribution in [2.45, 2.75) is 45.8 Å². The summed E-state index contributed by atoms with van der Waals surface area (Å²) >= 11 is 5.34. The molecule has 0 aromatic heterocycles. The van der Waals surface area contributed by atoms with Gasteiger partial charge in [-0.25, -0.2) is 0 Å². The van der Waals surface area contributed by atoms with Crippen LogP contribution in [0.25, 0.3) is 0 Å². The van der Waals surface area contributed by atoms with E-state index in [2.05, 4.69) is 10.6 Å². The predicted molar refractivity (Wildman–Crippen MR) is 112 cm³/mol. The lowest BCUT2D eigenvalue weighted by atomic mass is 10.1. The molecule has 0 spiro atoms. The Balaban J connectivity index is 2.01. The molecule has 1 heterocycles. The van der Waals surface area contributed by atoms with Gasteiger partial charge in [-0.1, -0.05) is 6.92 Å². The molecule has 158 valence electrons. The van der Waals surface area contributed by atoms with E-state index in [9.17, 15) is 14.4 Å². The molecule has 1 aliphatic rings. The predicted octanol–water partition coefficient (Wildman–Crippen LogP) is 1.63. The van der Waals surface area contributed by atoms with E-state index in [1.54, 1.807) is 29.2 Å². The van der Waals surface area contributed by atoms with Crippen molar-refractivity contribution in [2.75, 3.05) is 19.7 Å². The first-order valence-electron chi connectivity index (χ1n) is 9.63. The Hall–Kier alpha value is -2.68. The van der Waals surface area contributed by atoms with E-state index in [1.165, 1.54) is 0 Å². The summed E-state index contributed by atoms with van der Waals surface area (Å²) in [6.45, 7) is 6.78. The molecule has 1 aromatic carbocycles. The van der Waals surface area contributed by atoms with Crippen LogP contribution in [0.2, 0.25) is 0 Å². The second kappa shape index (κ2) is 10.8. The van der Waals surface area contributed by atoms with Crippen molar-refractivity contribution in [1.29, 1.82) is 0 Å². The molecule has 29 heavy (non-hydrogen) atoms. The summed E-state index contributed by atoms with van der Waals surface area (Å²) in [6.07, 6.45) is 0.596. The number of rotatable bonds is 7.